The molecule has 0 spiro atoms. The van der Waals surface area contributed by atoms with Crippen molar-refractivity contribution < 1.29 is 35.6 Å². The highest BCUT2D eigenvalue weighted by Crippen LogP contribution is 2.54. The first-order valence-electron chi connectivity index (χ1n) is 12.7. The Hall–Kier alpha value is -3.15. The van der Waals surface area contributed by atoms with E-state index in [1.807, 2.05) is 6.92 Å². The molecule has 0 aromatic heterocycles. The van der Waals surface area contributed by atoms with Crippen LogP contribution in [0.5, 0.6) is 0 Å². The van der Waals surface area contributed by atoms with E-state index in [1.54, 1.807) is 7.05 Å². The summed E-state index contributed by atoms with van der Waals surface area (Å²) in [6.45, 7) is 1.97. The van der Waals surface area contributed by atoms with Crippen LogP contribution in [0.25, 0.3) is 0 Å². The van der Waals surface area contributed by atoms with E-state index in [9.17, 15) is 35.6 Å². The standard InChI is InChI=1S/C27H29F4N3O4S/c1-13-18-12-22(34(24(13)18)26(36)19-11-16(39(3,37)38)7-9-21(19)32-2)25(35)33-23(14-4-5-14)17-8-6-15(10-20(17)28)27(29,30)31/h6-11,13-14,18,22-24,32H,4-5,12H2,1-3H3,(H,33,35)/t13-,18+,22-,23-,24-/m1/s1. The van der Waals surface area contributed by atoms with Gasteiger partial charge in [0.2, 0.25) is 5.91 Å². The number of piperidine rings is 1. The normalized spacial score (nSPS) is 25.2. The number of sulfone groups is 1. The molecule has 1 saturated heterocycles. The van der Waals surface area contributed by atoms with Crippen LogP contribution in [0.4, 0.5) is 23.2 Å². The van der Waals surface area contributed by atoms with Crippen LogP contribution in [0.1, 0.15) is 53.7 Å². The van der Waals surface area contributed by atoms with Crippen molar-refractivity contribution in [3.63, 3.8) is 0 Å². The van der Waals surface area contributed by atoms with Crippen LogP contribution in [0.15, 0.2) is 41.3 Å². The molecular formula is C27H29F4N3O4S. The SMILES string of the molecule is CNc1ccc(S(C)(=O)=O)cc1C(=O)N1[C@@H]2[C@H](C)[C@@H]2C[C@@H]1C(=O)N[C@@H](c1ccc(C(F)(F)F)cc1F)C1CC1. The molecule has 39 heavy (non-hydrogen) atoms. The maximum absolute atomic E-state index is 14.8. The third-order valence-corrected chi connectivity index (χ3v) is 9.28. The van der Waals surface area contributed by atoms with Crippen molar-refractivity contribution >= 4 is 27.3 Å². The summed E-state index contributed by atoms with van der Waals surface area (Å²) >= 11 is 0. The average molecular weight is 568 g/mol. The Morgan fingerprint density at radius 2 is 1.79 bits per heavy atom. The van der Waals surface area contributed by atoms with Crippen molar-refractivity contribution in [2.24, 2.45) is 17.8 Å². The van der Waals surface area contributed by atoms with Crippen molar-refractivity contribution in [1.82, 2.24) is 10.2 Å². The number of benzene rings is 2. The number of nitrogens with zero attached hydrogens (tertiary/aromatic N) is 1. The number of likely N-dealkylation sites (tertiary alicyclic amines) is 1. The summed E-state index contributed by atoms with van der Waals surface area (Å²) in [6, 6.07) is 4.58. The van der Waals surface area contributed by atoms with Crippen molar-refractivity contribution in [1.29, 1.82) is 0 Å². The topological polar surface area (TPSA) is 95.6 Å². The van der Waals surface area contributed by atoms with Gasteiger partial charge in [0.1, 0.15) is 11.9 Å². The highest BCUT2D eigenvalue weighted by atomic mass is 32.2. The molecule has 2 saturated carbocycles. The summed E-state index contributed by atoms with van der Waals surface area (Å²) in [5.41, 5.74) is -0.606. The van der Waals surface area contributed by atoms with Gasteiger partial charge in [0, 0.05) is 30.6 Å². The van der Waals surface area contributed by atoms with Gasteiger partial charge in [-0.1, -0.05) is 13.0 Å². The van der Waals surface area contributed by atoms with E-state index in [-0.39, 0.29) is 39.8 Å². The number of carbonyl (C=O) groups excluding carboxylic acids is 2. The van der Waals surface area contributed by atoms with Gasteiger partial charge in [-0.2, -0.15) is 13.2 Å². The lowest BCUT2D eigenvalue weighted by Crippen LogP contribution is -2.49. The second kappa shape index (κ2) is 9.50. The number of carbonyl (C=O) groups is 2. The first-order valence-corrected chi connectivity index (χ1v) is 14.6. The van der Waals surface area contributed by atoms with Gasteiger partial charge >= 0.3 is 6.18 Å². The van der Waals surface area contributed by atoms with E-state index in [0.717, 1.165) is 18.4 Å². The molecule has 2 aromatic rings. The van der Waals surface area contributed by atoms with Gasteiger partial charge < -0.3 is 15.5 Å². The zero-order valence-electron chi connectivity index (χ0n) is 21.5. The molecule has 2 aliphatic carbocycles. The van der Waals surface area contributed by atoms with Crippen molar-refractivity contribution in [2.75, 3.05) is 18.6 Å². The second-order valence-electron chi connectivity index (χ2n) is 10.8. The maximum Gasteiger partial charge on any atom is 0.416 e. The van der Waals surface area contributed by atoms with E-state index >= 15 is 0 Å². The molecule has 3 aliphatic rings. The van der Waals surface area contributed by atoms with Gasteiger partial charge in [-0.3, -0.25) is 9.59 Å². The molecule has 2 N–H and O–H groups in total. The van der Waals surface area contributed by atoms with Crippen LogP contribution in [0.3, 0.4) is 0 Å². The maximum atomic E-state index is 14.8. The smallest absolute Gasteiger partial charge is 0.387 e. The summed E-state index contributed by atoms with van der Waals surface area (Å²) in [7, 11) is -2.00. The number of nitrogens with one attached hydrogen (secondary N) is 2. The van der Waals surface area contributed by atoms with Crippen LogP contribution in [0, 0.1) is 23.6 Å². The zero-order valence-corrected chi connectivity index (χ0v) is 22.4. The molecule has 210 valence electrons. The monoisotopic (exact) mass is 567 g/mol. The summed E-state index contributed by atoms with van der Waals surface area (Å²) < 4.78 is 78.3. The summed E-state index contributed by atoms with van der Waals surface area (Å²) in [5.74, 6) is -1.94. The summed E-state index contributed by atoms with van der Waals surface area (Å²) in [4.78, 5) is 28.9. The van der Waals surface area contributed by atoms with Gasteiger partial charge in [0.25, 0.3) is 5.91 Å². The van der Waals surface area contributed by atoms with Gasteiger partial charge in [-0.05, 0) is 67.3 Å². The fourth-order valence-electron chi connectivity index (χ4n) is 5.80. The predicted molar refractivity (Wildman–Crippen MR) is 135 cm³/mol. The lowest BCUT2D eigenvalue weighted by molar-refractivity contribution is -0.137. The lowest BCUT2D eigenvalue weighted by Gasteiger charge is -2.30. The fraction of sp³-hybridized carbons (Fsp3) is 0.481. The third-order valence-electron chi connectivity index (χ3n) is 8.17. The summed E-state index contributed by atoms with van der Waals surface area (Å²) in [5, 5.41) is 5.72. The Morgan fingerprint density at radius 1 is 1.10 bits per heavy atom. The molecule has 5 rings (SSSR count). The minimum absolute atomic E-state index is 0.0217. The zero-order chi connectivity index (χ0) is 28.4. The van der Waals surface area contributed by atoms with Crippen LogP contribution < -0.4 is 10.6 Å². The van der Waals surface area contributed by atoms with Gasteiger partial charge in [-0.15, -0.1) is 0 Å². The minimum atomic E-state index is -4.69. The number of alkyl halides is 3. The largest absolute Gasteiger partial charge is 0.416 e. The lowest BCUT2D eigenvalue weighted by atomic mass is 9.98. The van der Waals surface area contributed by atoms with E-state index in [2.05, 4.69) is 10.6 Å². The third kappa shape index (κ3) is 5.10. The van der Waals surface area contributed by atoms with Crippen LogP contribution in [-0.4, -0.2) is 50.5 Å². The predicted octanol–water partition coefficient (Wildman–Crippen LogP) is 4.41. The molecule has 5 atom stereocenters. The van der Waals surface area contributed by atoms with E-state index in [0.29, 0.717) is 31.0 Å². The van der Waals surface area contributed by atoms with Gasteiger partial charge in [-0.25, -0.2) is 12.8 Å². The number of fused-ring (bicyclic) bond motifs is 1. The molecule has 1 heterocycles. The molecule has 3 fully saturated rings. The van der Waals surface area contributed by atoms with Crippen LogP contribution >= 0.6 is 0 Å². The van der Waals surface area contributed by atoms with Gasteiger partial charge in [0.05, 0.1) is 22.1 Å². The molecular weight excluding hydrogens is 538 g/mol. The number of halogens is 4. The second-order valence-corrected chi connectivity index (χ2v) is 12.8. The molecule has 12 heteroatoms. The van der Waals surface area contributed by atoms with Crippen LogP contribution in [-0.2, 0) is 20.8 Å². The molecule has 0 unspecified atom stereocenters. The molecule has 7 nitrogen and oxygen atoms in total. The molecule has 2 amide bonds. The Morgan fingerprint density at radius 3 is 2.36 bits per heavy atom. The quantitative estimate of drug-likeness (QED) is 0.484. The highest BCUT2D eigenvalue weighted by Gasteiger charge is 2.62. The molecule has 2 aromatic carbocycles. The van der Waals surface area contributed by atoms with Crippen LogP contribution in [0.2, 0.25) is 0 Å². The molecule has 0 bridgehead atoms. The number of anilines is 1. The Bertz CT molecular complexity index is 1440. The molecule has 1 aliphatic heterocycles. The number of amides is 2. The van der Waals surface area contributed by atoms with Crippen molar-refractivity contribution in [3.05, 3.63) is 58.9 Å². The van der Waals surface area contributed by atoms with Crippen molar-refractivity contribution in [3.8, 4) is 0 Å². The van der Waals surface area contributed by atoms with Crippen molar-refractivity contribution in [2.45, 2.75) is 55.4 Å². The van der Waals surface area contributed by atoms with E-state index in [1.165, 1.54) is 23.1 Å². The average Bonchev–Trinajstić information content (AvgIpc) is 3.77. The Labute approximate surface area is 223 Å². The number of hydrogen-bond donors (Lipinski definition) is 2. The first kappa shape index (κ1) is 27.4. The van der Waals surface area contributed by atoms with Gasteiger partial charge in [0.15, 0.2) is 9.84 Å². The summed E-state index contributed by atoms with van der Waals surface area (Å²) in [6.07, 6.45) is -1.90. The number of hydrogen-bond acceptors (Lipinski definition) is 5. The van der Waals surface area contributed by atoms with E-state index < -0.39 is 51.3 Å². The minimum Gasteiger partial charge on any atom is -0.387 e. The fourth-order valence-corrected chi connectivity index (χ4v) is 6.44. The molecule has 0 radical (unpaired) electrons. The van der Waals surface area contributed by atoms with E-state index in [4.69, 9.17) is 0 Å². The Balaban J connectivity index is 1.43. The first-order chi connectivity index (χ1) is 18.2. The highest BCUT2D eigenvalue weighted by molar-refractivity contribution is 7.90. The Kier molecular flexibility index (Phi) is 6.68. The number of rotatable bonds is 7.